The van der Waals surface area contributed by atoms with Crippen molar-refractivity contribution in [2.75, 3.05) is 14.2 Å². The van der Waals surface area contributed by atoms with Gasteiger partial charge in [0, 0.05) is 24.9 Å². The lowest BCUT2D eigenvalue weighted by molar-refractivity contribution is 0.0964. The molecule has 0 unspecified atom stereocenters. The third-order valence-electron chi connectivity index (χ3n) is 4.34. The van der Waals surface area contributed by atoms with Gasteiger partial charge >= 0.3 is 0 Å². The molecule has 2 heterocycles. The molecule has 0 aliphatic carbocycles. The number of furan rings is 1. The van der Waals surface area contributed by atoms with E-state index in [0.717, 1.165) is 0 Å². The number of ether oxygens (including phenoxy) is 1. The molecule has 0 fully saturated rings. The molecule has 0 saturated heterocycles. The number of methoxy groups -OCH3 is 1. The van der Waals surface area contributed by atoms with Crippen LogP contribution in [-0.2, 0) is 0 Å². The van der Waals surface area contributed by atoms with Gasteiger partial charge in [0.15, 0.2) is 0 Å². The Kier molecular flexibility index (Phi) is 4.31. The Bertz CT molecular complexity index is 1180. The van der Waals surface area contributed by atoms with Crippen LogP contribution in [0.5, 0.6) is 5.75 Å². The quantitative estimate of drug-likeness (QED) is 0.575. The van der Waals surface area contributed by atoms with Crippen LogP contribution < -0.4 is 10.1 Å². The third-order valence-corrected chi connectivity index (χ3v) is 4.34. The SMILES string of the molecule is CNC(=O)c1c(-c2ccc(F)cc2)oc2cc(-c3noc(C)n3)c(OC)cc12. The maximum absolute atomic E-state index is 13.3. The second-order valence-electron chi connectivity index (χ2n) is 6.08. The van der Waals surface area contributed by atoms with Gasteiger partial charge in [0.25, 0.3) is 5.91 Å². The van der Waals surface area contributed by atoms with Gasteiger partial charge in [-0.25, -0.2) is 4.39 Å². The highest BCUT2D eigenvalue weighted by molar-refractivity contribution is 6.12. The normalized spacial score (nSPS) is 11.0. The highest BCUT2D eigenvalue weighted by atomic mass is 19.1. The Labute approximate surface area is 159 Å². The van der Waals surface area contributed by atoms with E-state index in [9.17, 15) is 9.18 Å². The highest BCUT2D eigenvalue weighted by Gasteiger charge is 2.24. The molecule has 0 radical (unpaired) electrons. The van der Waals surface area contributed by atoms with Crippen LogP contribution >= 0.6 is 0 Å². The summed E-state index contributed by atoms with van der Waals surface area (Å²) in [6.07, 6.45) is 0. The lowest BCUT2D eigenvalue weighted by atomic mass is 10.0. The number of hydrogen-bond acceptors (Lipinski definition) is 6. The molecule has 142 valence electrons. The van der Waals surface area contributed by atoms with E-state index in [1.807, 2.05) is 0 Å². The summed E-state index contributed by atoms with van der Waals surface area (Å²) >= 11 is 0. The number of nitrogens with one attached hydrogen (secondary N) is 1. The van der Waals surface area contributed by atoms with E-state index >= 15 is 0 Å². The number of rotatable bonds is 4. The maximum atomic E-state index is 13.3. The number of carbonyl (C=O) groups is 1. The van der Waals surface area contributed by atoms with Crippen molar-refractivity contribution in [2.24, 2.45) is 0 Å². The summed E-state index contributed by atoms with van der Waals surface area (Å²) in [7, 11) is 3.04. The smallest absolute Gasteiger partial charge is 0.255 e. The lowest BCUT2D eigenvalue weighted by Crippen LogP contribution is -2.18. The molecule has 0 aliphatic rings. The molecule has 0 bridgehead atoms. The Morgan fingerprint density at radius 3 is 2.57 bits per heavy atom. The fourth-order valence-corrected chi connectivity index (χ4v) is 3.03. The van der Waals surface area contributed by atoms with E-state index in [0.29, 0.717) is 50.9 Å². The number of hydrogen-bond donors (Lipinski definition) is 1. The number of nitrogens with zero attached hydrogens (tertiary/aromatic N) is 2. The summed E-state index contributed by atoms with van der Waals surface area (Å²) in [4.78, 5) is 16.8. The molecule has 4 rings (SSSR count). The van der Waals surface area contributed by atoms with Crippen LogP contribution in [0.2, 0.25) is 0 Å². The number of fused-ring (bicyclic) bond motifs is 1. The van der Waals surface area contributed by atoms with Crippen LogP contribution in [0.1, 0.15) is 16.2 Å². The molecule has 0 aliphatic heterocycles. The Hall–Kier alpha value is -3.68. The second kappa shape index (κ2) is 6.80. The Balaban J connectivity index is 2.00. The zero-order valence-corrected chi connectivity index (χ0v) is 15.4. The summed E-state index contributed by atoms with van der Waals surface area (Å²) in [5, 5.41) is 7.09. The summed E-state index contributed by atoms with van der Waals surface area (Å²) < 4.78 is 29.8. The fraction of sp³-hybridized carbons (Fsp3) is 0.150. The van der Waals surface area contributed by atoms with Crippen molar-refractivity contribution in [1.29, 1.82) is 0 Å². The predicted octanol–water partition coefficient (Wildman–Crippen LogP) is 3.97. The molecule has 8 heteroatoms. The Morgan fingerprint density at radius 2 is 1.96 bits per heavy atom. The number of aryl methyl sites for hydroxylation is 1. The van der Waals surface area contributed by atoms with Crippen molar-refractivity contribution < 1.29 is 22.9 Å². The van der Waals surface area contributed by atoms with Crippen LogP contribution in [0.15, 0.2) is 45.3 Å². The molecule has 1 N–H and O–H groups in total. The van der Waals surface area contributed by atoms with Crippen molar-refractivity contribution in [2.45, 2.75) is 6.92 Å². The van der Waals surface area contributed by atoms with Gasteiger partial charge in [0.1, 0.15) is 22.9 Å². The predicted molar refractivity (Wildman–Crippen MR) is 99.6 cm³/mol. The van der Waals surface area contributed by atoms with Crippen molar-refractivity contribution in [1.82, 2.24) is 15.5 Å². The molecule has 0 atom stereocenters. The lowest BCUT2D eigenvalue weighted by Gasteiger charge is -2.06. The zero-order chi connectivity index (χ0) is 19.8. The average Bonchev–Trinajstić information content (AvgIpc) is 3.30. The van der Waals surface area contributed by atoms with E-state index < -0.39 is 0 Å². The summed E-state index contributed by atoms with van der Waals surface area (Å²) in [6, 6.07) is 9.12. The van der Waals surface area contributed by atoms with E-state index in [1.54, 1.807) is 31.2 Å². The molecule has 28 heavy (non-hydrogen) atoms. The molecule has 4 aromatic rings. The monoisotopic (exact) mass is 381 g/mol. The van der Waals surface area contributed by atoms with Gasteiger partial charge in [0.2, 0.25) is 11.7 Å². The van der Waals surface area contributed by atoms with E-state index in [4.69, 9.17) is 13.7 Å². The fourth-order valence-electron chi connectivity index (χ4n) is 3.03. The van der Waals surface area contributed by atoms with Crippen molar-refractivity contribution in [3.8, 4) is 28.5 Å². The minimum Gasteiger partial charge on any atom is -0.496 e. The van der Waals surface area contributed by atoms with E-state index in [2.05, 4.69) is 15.5 Å². The third kappa shape index (κ3) is 2.88. The van der Waals surface area contributed by atoms with Gasteiger partial charge in [-0.3, -0.25) is 4.79 Å². The molecule has 0 spiro atoms. The van der Waals surface area contributed by atoms with Crippen LogP contribution in [0.4, 0.5) is 4.39 Å². The number of benzene rings is 2. The van der Waals surface area contributed by atoms with E-state index in [1.165, 1.54) is 26.3 Å². The van der Waals surface area contributed by atoms with Gasteiger partial charge < -0.3 is 19.0 Å². The number of halogens is 1. The zero-order valence-electron chi connectivity index (χ0n) is 15.4. The van der Waals surface area contributed by atoms with Gasteiger partial charge in [0.05, 0.1) is 18.2 Å². The molecule has 2 aromatic heterocycles. The summed E-state index contributed by atoms with van der Waals surface area (Å²) in [5.74, 6) is 0.843. The van der Waals surface area contributed by atoms with Crippen LogP contribution in [0.3, 0.4) is 0 Å². The highest BCUT2D eigenvalue weighted by Crippen LogP contribution is 2.39. The first-order valence-electron chi connectivity index (χ1n) is 8.45. The van der Waals surface area contributed by atoms with Crippen LogP contribution in [0.25, 0.3) is 33.7 Å². The maximum Gasteiger partial charge on any atom is 0.255 e. The first kappa shape index (κ1) is 17.7. The van der Waals surface area contributed by atoms with Crippen molar-refractivity contribution in [3.63, 3.8) is 0 Å². The largest absolute Gasteiger partial charge is 0.496 e. The molecular weight excluding hydrogens is 365 g/mol. The first-order chi connectivity index (χ1) is 13.5. The van der Waals surface area contributed by atoms with Crippen LogP contribution in [-0.4, -0.2) is 30.2 Å². The second-order valence-corrected chi connectivity index (χ2v) is 6.08. The number of amides is 1. The van der Waals surface area contributed by atoms with Crippen molar-refractivity contribution in [3.05, 3.63) is 53.7 Å². The van der Waals surface area contributed by atoms with Crippen LogP contribution in [0, 0.1) is 12.7 Å². The minimum absolute atomic E-state index is 0.330. The van der Waals surface area contributed by atoms with E-state index in [-0.39, 0.29) is 11.7 Å². The van der Waals surface area contributed by atoms with Crippen molar-refractivity contribution >= 4 is 16.9 Å². The molecular formula is C20H16FN3O4. The number of carbonyl (C=O) groups excluding carboxylic acids is 1. The molecule has 1 amide bonds. The topological polar surface area (TPSA) is 90.4 Å². The summed E-state index contributed by atoms with van der Waals surface area (Å²) in [5.41, 5.74) is 1.91. The van der Waals surface area contributed by atoms with Gasteiger partial charge in [-0.2, -0.15) is 4.98 Å². The van der Waals surface area contributed by atoms with Gasteiger partial charge in [-0.15, -0.1) is 0 Å². The summed E-state index contributed by atoms with van der Waals surface area (Å²) in [6.45, 7) is 1.69. The first-order valence-corrected chi connectivity index (χ1v) is 8.45. The molecule has 2 aromatic carbocycles. The molecule has 7 nitrogen and oxygen atoms in total. The standard InChI is InChI=1S/C20H16FN3O4/c1-10-23-19(24-28-10)14-9-16-13(8-15(14)26-3)17(20(25)22-2)18(27-16)11-4-6-12(21)7-5-11/h4-9H,1-3H3,(H,22,25). The van der Waals surface area contributed by atoms with Gasteiger partial charge in [-0.05, 0) is 36.4 Å². The van der Waals surface area contributed by atoms with Gasteiger partial charge in [-0.1, -0.05) is 5.16 Å². The Morgan fingerprint density at radius 1 is 1.21 bits per heavy atom. The number of aromatic nitrogens is 2. The molecule has 0 saturated carbocycles. The minimum atomic E-state index is -0.377. The average molecular weight is 381 g/mol.